The molecule has 0 heterocycles. The van der Waals surface area contributed by atoms with Gasteiger partial charge in [0, 0.05) is 20.3 Å². The van der Waals surface area contributed by atoms with E-state index in [0.717, 1.165) is 32.5 Å². The summed E-state index contributed by atoms with van der Waals surface area (Å²) in [5.41, 5.74) is 1.17. The van der Waals surface area contributed by atoms with E-state index in [1.54, 1.807) is 7.11 Å². The molecule has 0 aliphatic carbocycles. The van der Waals surface area contributed by atoms with Crippen LogP contribution in [0.25, 0.3) is 0 Å². The molecule has 0 aromatic heterocycles. The standard InChI is InChI=1S/C13H20ClNO/c1-16-10-6-5-9-15-11-13(14)12-7-3-2-4-8-12/h2-4,7-8,13,15H,5-6,9-11H2,1H3. The zero-order valence-corrected chi connectivity index (χ0v) is 10.5. The minimum Gasteiger partial charge on any atom is -0.385 e. The van der Waals surface area contributed by atoms with E-state index in [1.165, 1.54) is 5.56 Å². The van der Waals surface area contributed by atoms with E-state index in [4.69, 9.17) is 16.3 Å². The number of hydrogen-bond acceptors (Lipinski definition) is 2. The van der Waals surface area contributed by atoms with Gasteiger partial charge in [-0.2, -0.15) is 0 Å². The van der Waals surface area contributed by atoms with Crippen LogP contribution >= 0.6 is 11.6 Å². The summed E-state index contributed by atoms with van der Waals surface area (Å²) < 4.78 is 4.98. The first kappa shape index (κ1) is 13.5. The van der Waals surface area contributed by atoms with Crippen LogP contribution in [-0.4, -0.2) is 26.8 Å². The number of unbranched alkanes of at least 4 members (excludes halogenated alkanes) is 1. The lowest BCUT2D eigenvalue weighted by Gasteiger charge is -2.10. The molecule has 0 saturated heterocycles. The van der Waals surface area contributed by atoms with Crippen molar-refractivity contribution in [3.05, 3.63) is 35.9 Å². The summed E-state index contributed by atoms with van der Waals surface area (Å²) in [5.74, 6) is 0. The summed E-state index contributed by atoms with van der Waals surface area (Å²) in [6, 6.07) is 10.2. The van der Waals surface area contributed by atoms with Crippen molar-refractivity contribution >= 4 is 11.6 Å². The van der Waals surface area contributed by atoms with E-state index in [-0.39, 0.29) is 5.38 Å². The molecule has 3 heteroatoms. The number of halogens is 1. The van der Waals surface area contributed by atoms with Gasteiger partial charge < -0.3 is 10.1 Å². The molecule has 1 aromatic carbocycles. The highest BCUT2D eigenvalue weighted by atomic mass is 35.5. The van der Waals surface area contributed by atoms with Crippen LogP contribution in [0.1, 0.15) is 23.8 Å². The van der Waals surface area contributed by atoms with Gasteiger partial charge in [0.25, 0.3) is 0 Å². The fourth-order valence-corrected chi connectivity index (χ4v) is 1.76. The Hall–Kier alpha value is -0.570. The van der Waals surface area contributed by atoms with Gasteiger partial charge in [-0.15, -0.1) is 11.6 Å². The Morgan fingerprint density at radius 1 is 1.25 bits per heavy atom. The average molecular weight is 242 g/mol. The van der Waals surface area contributed by atoms with Crippen molar-refractivity contribution in [2.75, 3.05) is 26.8 Å². The van der Waals surface area contributed by atoms with Gasteiger partial charge in [0.2, 0.25) is 0 Å². The first-order chi connectivity index (χ1) is 7.84. The van der Waals surface area contributed by atoms with Gasteiger partial charge in [0.05, 0.1) is 5.38 Å². The van der Waals surface area contributed by atoms with E-state index in [9.17, 15) is 0 Å². The van der Waals surface area contributed by atoms with Crippen molar-refractivity contribution in [3.63, 3.8) is 0 Å². The molecule has 0 aliphatic heterocycles. The molecule has 1 aromatic rings. The van der Waals surface area contributed by atoms with E-state index < -0.39 is 0 Å². The molecule has 16 heavy (non-hydrogen) atoms. The Balaban J connectivity index is 2.09. The van der Waals surface area contributed by atoms with Crippen LogP contribution in [0.2, 0.25) is 0 Å². The topological polar surface area (TPSA) is 21.3 Å². The normalized spacial score (nSPS) is 12.6. The molecule has 1 rings (SSSR count). The van der Waals surface area contributed by atoms with Crippen LogP contribution in [0.3, 0.4) is 0 Å². The van der Waals surface area contributed by atoms with Crippen molar-refractivity contribution < 1.29 is 4.74 Å². The Bertz CT molecular complexity index is 266. The number of rotatable bonds is 8. The second-order valence-corrected chi connectivity index (χ2v) is 4.31. The molecule has 1 N–H and O–H groups in total. The van der Waals surface area contributed by atoms with Crippen molar-refractivity contribution in [2.24, 2.45) is 0 Å². The molecule has 0 saturated carbocycles. The molecule has 0 aliphatic rings. The molecular weight excluding hydrogens is 222 g/mol. The molecular formula is C13H20ClNO. The molecule has 0 spiro atoms. The van der Waals surface area contributed by atoms with Crippen LogP contribution in [-0.2, 0) is 4.74 Å². The second kappa shape index (κ2) is 8.57. The minimum atomic E-state index is 0.0589. The Labute approximate surface area is 103 Å². The molecule has 0 fully saturated rings. The van der Waals surface area contributed by atoms with Gasteiger partial charge in [-0.25, -0.2) is 0 Å². The minimum absolute atomic E-state index is 0.0589. The maximum atomic E-state index is 6.26. The van der Waals surface area contributed by atoms with Gasteiger partial charge in [0.1, 0.15) is 0 Å². The van der Waals surface area contributed by atoms with Crippen LogP contribution in [0.15, 0.2) is 30.3 Å². The molecule has 1 atom stereocenters. The number of hydrogen-bond donors (Lipinski definition) is 1. The average Bonchev–Trinajstić information content (AvgIpc) is 2.34. The summed E-state index contributed by atoms with van der Waals surface area (Å²) >= 11 is 6.26. The largest absolute Gasteiger partial charge is 0.385 e. The Kier molecular flexibility index (Phi) is 7.23. The number of benzene rings is 1. The Morgan fingerprint density at radius 2 is 2.00 bits per heavy atom. The summed E-state index contributed by atoms with van der Waals surface area (Å²) in [6.07, 6.45) is 2.23. The van der Waals surface area contributed by atoms with Crippen LogP contribution in [0.5, 0.6) is 0 Å². The molecule has 2 nitrogen and oxygen atoms in total. The van der Waals surface area contributed by atoms with Gasteiger partial charge in [-0.3, -0.25) is 0 Å². The maximum Gasteiger partial charge on any atom is 0.0709 e. The van der Waals surface area contributed by atoms with E-state index in [2.05, 4.69) is 17.4 Å². The van der Waals surface area contributed by atoms with Crippen molar-refractivity contribution in [1.29, 1.82) is 0 Å². The summed E-state index contributed by atoms with van der Waals surface area (Å²) in [5, 5.41) is 3.41. The monoisotopic (exact) mass is 241 g/mol. The molecule has 1 unspecified atom stereocenters. The fraction of sp³-hybridized carbons (Fsp3) is 0.538. The third-order valence-electron chi connectivity index (χ3n) is 2.44. The smallest absolute Gasteiger partial charge is 0.0709 e. The van der Waals surface area contributed by atoms with Gasteiger partial charge >= 0.3 is 0 Å². The van der Waals surface area contributed by atoms with Crippen LogP contribution in [0.4, 0.5) is 0 Å². The number of ether oxygens (including phenoxy) is 1. The Morgan fingerprint density at radius 3 is 2.69 bits per heavy atom. The summed E-state index contributed by atoms with van der Waals surface area (Å²) in [7, 11) is 1.73. The van der Waals surface area contributed by atoms with E-state index in [0.29, 0.717) is 0 Å². The molecule has 0 amide bonds. The van der Waals surface area contributed by atoms with Crippen molar-refractivity contribution in [1.82, 2.24) is 5.32 Å². The third kappa shape index (κ3) is 5.50. The lowest BCUT2D eigenvalue weighted by Crippen LogP contribution is -2.20. The summed E-state index contributed by atoms with van der Waals surface area (Å²) in [4.78, 5) is 0. The zero-order valence-electron chi connectivity index (χ0n) is 9.79. The third-order valence-corrected chi connectivity index (χ3v) is 2.84. The fourth-order valence-electron chi connectivity index (χ4n) is 1.50. The molecule has 0 radical (unpaired) electrons. The number of nitrogens with one attached hydrogen (secondary N) is 1. The van der Waals surface area contributed by atoms with Crippen molar-refractivity contribution in [3.8, 4) is 0 Å². The highest BCUT2D eigenvalue weighted by Gasteiger charge is 2.05. The first-order valence-corrected chi connectivity index (χ1v) is 6.17. The van der Waals surface area contributed by atoms with E-state index in [1.807, 2.05) is 18.2 Å². The molecule has 0 bridgehead atoms. The molecule has 90 valence electrons. The van der Waals surface area contributed by atoms with Crippen molar-refractivity contribution in [2.45, 2.75) is 18.2 Å². The highest BCUT2D eigenvalue weighted by molar-refractivity contribution is 6.21. The van der Waals surface area contributed by atoms with Crippen LogP contribution in [0, 0.1) is 0 Å². The lowest BCUT2D eigenvalue weighted by molar-refractivity contribution is 0.192. The van der Waals surface area contributed by atoms with Gasteiger partial charge in [0.15, 0.2) is 0 Å². The van der Waals surface area contributed by atoms with Crippen LogP contribution < -0.4 is 5.32 Å². The lowest BCUT2D eigenvalue weighted by atomic mass is 10.1. The summed E-state index contributed by atoms with van der Waals surface area (Å²) in [6.45, 7) is 2.66. The SMILES string of the molecule is COCCCCNCC(Cl)c1ccccc1. The predicted octanol–water partition coefficient (Wildman–Crippen LogP) is 2.98. The number of methoxy groups -OCH3 is 1. The van der Waals surface area contributed by atoms with Gasteiger partial charge in [-0.1, -0.05) is 30.3 Å². The first-order valence-electron chi connectivity index (χ1n) is 5.73. The second-order valence-electron chi connectivity index (χ2n) is 3.78. The van der Waals surface area contributed by atoms with Gasteiger partial charge in [-0.05, 0) is 24.9 Å². The predicted molar refractivity (Wildman–Crippen MR) is 69.0 cm³/mol. The van der Waals surface area contributed by atoms with E-state index >= 15 is 0 Å². The quantitative estimate of drug-likeness (QED) is 0.558. The number of alkyl halides is 1. The highest BCUT2D eigenvalue weighted by Crippen LogP contribution is 2.18. The maximum absolute atomic E-state index is 6.26. The zero-order chi connectivity index (χ0) is 11.6.